The van der Waals surface area contributed by atoms with Crippen LogP contribution in [-0.2, 0) is 0 Å². The molecule has 0 amide bonds. The fourth-order valence-corrected chi connectivity index (χ4v) is 2.71. The lowest BCUT2D eigenvalue weighted by Crippen LogP contribution is -2.16. The van der Waals surface area contributed by atoms with E-state index in [1.54, 1.807) is 0 Å². The van der Waals surface area contributed by atoms with Crippen molar-refractivity contribution < 1.29 is 4.79 Å². The van der Waals surface area contributed by atoms with Crippen LogP contribution in [0.5, 0.6) is 0 Å². The van der Waals surface area contributed by atoms with Crippen molar-refractivity contribution in [3.63, 3.8) is 0 Å². The fraction of sp³-hybridized carbons (Fsp3) is 0.400. The highest BCUT2D eigenvalue weighted by atomic mass is 16.1. The van der Waals surface area contributed by atoms with Crippen molar-refractivity contribution in [1.29, 1.82) is 0 Å². The fourth-order valence-electron chi connectivity index (χ4n) is 2.71. The second-order valence-corrected chi connectivity index (χ2v) is 5.36. The van der Waals surface area contributed by atoms with Gasteiger partial charge in [0.1, 0.15) is 5.69 Å². The smallest absolute Gasteiger partial charge is 0.172 e. The van der Waals surface area contributed by atoms with Gasteiger partial charge in [0.25, 0.3) is 0 Å². The van der Waals surface area contributed by atoms with E-state index in [0.29, 0.717) is 11.6 Å². The first-order valence-electron chi connectivity index (χ1n) is 6.68. The molecule has 1 aliphatic rings. The molecule has 0 saturated heterocycles. The molecule has 2 aromatic rings. The maximum atomic E-state index is 11.1. The molecule has 98 valence electrons. The van der Waals surface area contributed by atoms with Crippen LogP contribution in [0.2, 0.25) is 0 Å². The van der Waals surface area contributed by atoms with Gasteiger partial charge < -0.3 is 0 Å². The maximum Gasteiger partial charge on any atom is 0.172 e. The zero-order valence-electron chi connectivity index (χ0n) is 11.3. The monoisotopic (exact) mass is 255 g/mol. The van der Waals surface area contributed by atoms with E-state index in [4.69, 9.17) is 0 Å². The van der Waals surface area contributed by atoms with Crippen molar-refractivity contribution in [2.45, 2.75) is 39.0 Å². The molecule has 1 fully saturated rings. The molecule has 0 aliphatic heterocycles. The van der Waals surface area contributed by atoms with Gasteiger partial charge >= 0.3 is 0 Å². The molecular formula is C15H17N3O. The molecule has 0 bridgehead atoms. The minimum atomic E-state index is 0.427. The van der Waals surface area contributed by atoms with Gasteiger partial charge in [0.2, 0.25) is 0 Å². The number of rotatable bonds is 3. The Morgan fingerprint density at radius 3 is 2.42 bits per heavy atom. The highest BCUT2D eigenvalue weighted by Crippen LogP contribution is 2.38. The molecule has 1 heterocycles. The average Bonchev–Trinajstić information content (AvgIpc) is 2.69. The van der Waals surface area contributed by atoms with E-state index in [-0.39, 0.29) is 0 Å². The van der Waals surface area contributed by atoms with Gasteiger partial charge in [-0.2, -0.15) is 0 Å². The second kappa shape index (κ2) is 4.61. The summed E-state index contributed by atoms with van der Waals surface area (Å²) in [5.41, 5.74) is 4.85. The number of benzene rings is 1. The Bertz CT molecular complexity index is 606. The third-order valence-electron chi connectivity index (χ3n) is 3.79. The molecule has 0 spiro atoms. The molecule has 1 aromatic carbocycles. The quantitative estimate of drug-likeness (QED) is 0.792. The van der Waals surface area contributed by atoms with Crippen molar-refractivity contribution in [3.05, 3.63) is 40.7 Å². The number of aldehydes is 1. The van der Waals surface area contributed by atoms with Crippen LogP contribution in [0.3, 0.4) is 0 Å². The summed E-state index contributed by atoms with van der Waals surface area (Å²) in [6.45, 7) is 4.13. The minimum Gasteiger partial charge on any atom is -0.296 e. The van der Waals surface area contributed by atoms with Crippen LogP contribution in [0.4, 0.5) is 0 Å². The molecule has 19 heavy (non-hydrogen) atoms. The lowest BCUT2D eigenvalue weighted by atomic mass is 9.82. The number of aryl methyl sites for hydroxylation is 2. The van der Waals surface area contributed by atoms with Crippen LogP contribution in [0.1, 0.15) is 52.5 Å². The van der Waals surface area contributed by atoms with E-state index < -0.39 is 0 Å². The van der Waals surface area contributed by atoms with Crippen molar-refractivity contribution in [1.82, 2.24) is 15.0 Å². The van der Waals surface area contributed by atoms with E-state index in [0.717, 1.165) is 30.5 Å². The van der Waals surface area contributed by atoms with Crippen LogP contribution in [-0.4, -0.2) is 21.3 Å². The summed E-state index contributed by atoms with van der Waals surface area (Å²) in [6.07, 6.45) is 4.29. The number of carbonyl (C=O) groups excluding carboxylic acids is 1. The van der Waals surface area contributed by atoms with Gasteiger partial charge in [-0.3, -0.25) is 4.79 Å². The molecular weight excluding hydrogens is 238 g/mol. The summed E-state index contributed by atoms with van der Waals surface area (Å²) in [4.78, 5) is 11.1. The Hall–Kier alpha value is -1.97. The number of aromatic nitrogens is 3. The van der Waals surface area contributed by atoms with Crippen LogP contribution in [0, 0.1) is 13.8 Å². The van der Waals surface area contributed by atoms with Gasteiger partial charge in [0.05, 0.1) is 11.4 Å². The molecule has 0 atom stereocenters. The van der Waals surface area contributed by atoms with Crippen LogP contribution < -0.4 is 0 Å². The highest BCUT2D eigenvalue weighted by molar-refractivity contribution is 5.74. The molecule has 4 nitrogen and oxygen atoms in total. The summed E-state index contributed by atoms with van der Waals surface area (Å²) >= 11 is 0. The average molecular weight is 255 g/mol. The number of hydrogen-bond acceptors (Lipinski definition) is 3. The molecule has 0 radical (unpaired) electrons. The number of nitrogens with zero attached hydrogens (tertiary/aromatic N) is 3. The topological polar surface area (TPSA) is 47.8 Å². The highest BCUT2D eigenvalue weighted by Gasteiger charge is 2.28. The third-order valence-corrected chi connectivity index (χ3v) is 3.79. The van der Waals surface area contributed by atoms with E-state index in [1.165, 1.54) is 17.5 Å². The van der Waals surface area contributed by atoms with Gasteiger partial charge in [-0.15, -0.1) is 5.10 Å². The first-order chi connectivity index (χ1) is 9.19. The second-order valence-electron chi connectivity index (χ2n) is 5.36. The number of hydrogen-bond donors (Lipinski definition) is 0. The van der Waals surface area contributed by atoms with Crippen molar-refractivity contribution >= 4 is 6.29 Å². The molecule has 4 heteroatoms. The molecule has 0 N–H and O–H groups in total. The van der Waals surface area contributed by atoms with Crippen molar-refractivity contribution in [2.75, 3.05) is 0 Å². The summed E-state index contributed by atoms with van der Waals surface area (Å²) in [6, 6.07) is 6.29. The summed E-state index contributed by atoms with van der Waals surface area (Å²) in [7, 11) is 0. The Labute approximate surface area is 112 Å². The van der Waals surface area contributed by atoms with Crippen LogP contribution >= 0.6 is 0 Å². The van der Waals surface area contributed by atoms with E-state index >= 15 is 0 Å². The predicted octanol–water partition coefficient (Wildman–Crippen LogP) is 2.96. The summed E-state index contributed by atoms with van der Waals surface area (Å²) in [5, 5.41) is 8.20. The molecule has 1 aliphatic carbocycles. The van der Waals surface area contributed by atoms with E-state index in [1.807, 2.05) is 4.68 Å². The van der Waals surface area contributed by atoms with Crippen molar-refractivity contribution in [2.24, 2.45) is 0 Å². The first-order valence-corrected chi connectivity index (χ1v) is 6.68. The molecule has 3 rings (SSSR count). The van der Waals surface area contributed by atoms with E-state index in [9.17, 15) is 4.79 Å². The number of carbonyl (C=O) groups is 1. The zero-order chi connectivity index (χ0) is 13.4. The molecule has 1 saturated carbocycles. The minimum absolute atomic E-state index is 0.427. The lowest BCUT2D eigenvalue weighted by Gasteiger charge is -2.26. The normalized spacial score (nSPS) is 15.3. The largest absolute Gasteiger partial charge is 0.296 e. The van der Waals surface area contributed by atoms with Gasteiger partial charge in [-0.1, -0.05) is 17.7 Å². The maximum absolute atomic E-state index is 11.1. The van der Waals surface area contributed by atoms with Crippen molar-refractivity contribution in [3.8, 4) is 5.69 Å². The first kappa shape index (κ1) is 12.1. The lowest BCUT2D eigenvalue weighted by molar-refractivity contribution is 0.111. The zero-order valence-corrected chi connectivity index (χ0v) is 11.3. The predicted molar refractivity (Wildman–Crippen MR) is 72.8 cm³/mol. The Morgan fingerprint density at radius 2 is 1.89 bits per heavy atom. The van der Waals surface area contributed by atoms with E-state index in [2.05, 4.69) is 42.4 Å². The summed E-state index contributed by atoms with van der Waals surface area (Å²) in [5.74, 6) is 0.427. The summed E-state index contributed by atoms with van der Waals surface area (Å²) < 4.78 is 1.84. The third kappa shape index (κ3) is 2.07. The van der Waals surface area contributed by atoms with Crippen LogP contribution in [0.25, 0.3) is 5.69 Å². The van der Waals surface area contributed by atoms with Gasteiger partial charge in [-0.25, -0.2) is 4.68 Å². The Morgan fingerprint density at radius 1 is 1.21 bits per heavy atom. The molecule has 1 aromatic heterocycles. The van der Waals surface area contributed by atoms with Gasteiger partial charge in [0.15, 0.2) is 6.29 Å². The SMILES string of the molecule is Cc1cc(C)cc(-n2nnc(C=O)c2C2CCC2)c1. The van der Waals surface area contributed by atoms with Crippen LogP contribution in [0.15, 0.2) is 18.2 Å². The van der Waals surface area contributed by atoms with Gasteiger partial charge in [0, 0.05) is 5.92 Å². The molecule has 0 unspecified atom stereocenters. The standard InChI is InChI=1S/C15H17N3O/c1-10-6-11(2)8-13(7-10)18-15(12-4-3-5-12)14(9-19)16-17-18/h6-9,12H,3-5H2,1-2H3. The Kier molecular flexibility index (Phi) is 2.93. The van der Waals surface area contributed by atoms with Gasteiger partial charge in [-0.05, 0) is 49.9 Å². The Balaban J connectivity index is 2.13.